The van der Waals surface area contributed by atoms with Gasteiger partial charge in [-0.05, 0) is 60.5 Å². The molecule has 1 aromatic heterocycles. The first-order chi connectivity index (χ1) is 17.4. The highest BCUT2D eigenvalue weighted by molar-refractivity contribution is 7.07. The van der Waals surface area contributed by atoms with Gasteiger partial charge in [-0.15, -0.1) is 0 Å². The number of fused-ring (bicyclic) bond motifs is 1. The van der Waals surface area contributed by atoms with Gasteiger partial charge in [0.05, 0.1) is 29.0 Å². The average molecular weight is 500 g/mol. The SMILES string of the molecule is COc1ccc([C@H]2C(C(=O)Nc3ccccc3)=C(C)N=c3s/c(=C/c4ccc(F)cc4)c(=O)n32)cc1. The minimum absolute atomic E-state index is 0.276. The van der Waals surface area contributed by atoms with Gasteiger partial charge >= 0.3 is 0 Å². The van der Waals surface area contributed by atoms with Gasteiger partial charge in [-0.2, -0.15) is 0 Å². The molecule has 0 saturated heterocycles. The molecule has 0 fully saturated rings. The number of allylic oxidation sites excluding steroid dienone is 1. The lowest BCUT2D eigenvalue weighted by atomic mass is 9.95. The molecule has 1 aliphatic rings. The molecule has 4 aromatic rings. The number of hydrogen-bond acceptors (Lipinski definition) is 5. The number of thiazole rings is 1. The van der Waals surface area contributed by atoms with E-state index in [-0.39, 0.29) is 17.3 Å². The number of rotatable bonds is 5. The number of ether oxygens (including phenoxy) is 1. The molecule has 1 atom stereocenters. The third-order valence-electron chi connectivity index (χ3n) is 5.90. The maximum atomic E-state index is 13.7. The molecule has 180 valence electrons. The molecular formula is C28H22FN3O3S. The molecule has 3 aromatic carbocycles. The van der Waals surface area contributed by atoms with Crippen molar-refractivity contribution in [1.29, 1.82) is 0 Å². The number of para-hydroxylation sites is 1. The number of amides is 1. The Morgan fingerprint density at radius 3 is 2.42 bits per heavy atom. The molecule has 2 heterocycles. The van der Waals surface area contributed by atoms with E-state index in [1.165, 1.54) is 23.5 Å². The number of halogens is 1. The van der Waals surface area contributed by atoms with Crippen molar-refractivity contribution in [1.82, 2.24) is 4.57 Å². The highest BCUT2D eigenvalue weighted by Crippen LogP contribution is 2.31. The predicted molar refractivity (Wildman–Crippen MR) is 138 cm³/mol. The molecule has 0 bridgehead atoms. The Hall–Kier alpha value is -4.30. The maximum Gasteiger partial charge on any atom is 0.271 e. The normalized spacial score (nSPS) is 15.3. The molecule has 1 N–H and O–H groups in total. The van der Waals surface area contributed by atoms with E-state index in [2.05, 4.69) is 10.3 Å². The third kappa shape index (κ3) is 4.50. The number of carbonyl (C=O) groups excluding carboxylic acids is 1. The van der Waals surface area contributed by atoms with Crippen LogP contribution >= 0.6 is 11.3 Å². The lowest BCUT2D eigenvalue weighted by molar-refractivity contribution is -0.113. The van der Waals surface area contributed by atoms with Crippen molar-refractivity contribution in [3.63, 3.8) is 0 Å². The highest BCUT2D eigenvalue weighted by atomic mass is 32.1. The predicted octanol–water partition coefficient (Wildman–Crippen LogP) is 4.02. The summed E-state index contributed by atoms with van der Waals surface area (Å²) in [7, 11) is 1.58. The van der Waals surface area contributed by atoms with Crippen LogP contribution in [0.15, 0.2) is 99.9 Å². The smallest absolute Gasteiger partial charge is 0.271 e. The second-order valence-electron chi connectivity index (χ2n) is 8.23. The molecule has 1 amide bonds. The van der Waals surface area contributed by atoms with E-state index in [1.807, 2.05) is 30.3 Å². The number of anilines is 1. The zero-order valence-corrected chi connectivity index (χ0v) is 20.4. The summed E-state index contributed by atoms with van der Waals surface area (Å²) in [4.78, 5) is 32.3. The van der Waals surface area contributed by atoms with E-state index in [4.69, 9.17) is 4.74 Å². The van der Waals surface area contributed by atoms with Crippen molar-refractivity contribution < 1.29 is 13.9 Å². The van der Waals surface area contributed by atoms with E-state index in [9.17, 15) is 14.0 Å². The van der Waals surface area contributed by atoms with Gasteiger partial charge in [0.25, 0.3) is 11.5 Å². The van der Waals surface area contributed by atoms with E-state index in [0.29, 0.717) is 37.6 Å². The van der Waals surface area contributed by atoms with Crippen LogP contribution in [0.2, 0.25) is 0 Å². The monoisotopic (exact) mass is 499 g/mol. The van der Waals surface area contributed by atoms with Crippen LogP contribution in [0.3, 0.4) is 0 Å². The van der Waals surface area contributed by atoms with Crippen LogP contribution in [-0.4, -0.2) is 17.6 Å². The molecular weight excluding hydrogens is 477 g/mol. The molecule has 0 unspecified atom stereocenters. The first-order valence-corrected chi connectivity index (χ1v) is 12.0. The first kappa shape index (κ1) is 23.4. The van der Waals surface area contributed by atoms with Crippen molar-refractivity contribution in [2.45, 2.75) is 13.0 Å². The van der Waals surface area contributed by atoms with Gasteiger partial charge in [-0.3, -0.25) is 14.2 Å². The van der Waals surface area contributed by atoms with Crippen LogP contribution in [0.5, 0.6) is 5.75 Å². The van der Waals surface area contributed by atoms with E-state index < -0.39 is 6.04 Å². The number of benzene rings is 3. The van der Waals surface area contributed by atoms with Crippen molar-refractivity contribution in [2.24, 2.45) is 4.99 Å². The minimum Gasteiger partial charge on any atom is -0.497 e. The van der Waals surface area contributed by atoms with Gasteiger partial charge in [-0.25, -0.2) is 9.38 Å². The third-order valence-corrected chi connectivity index (χ3v) is 6.88. The van der Waals surface area contributed by atoms with Crippen LogP contribution in [0.25, 0.3) is 6.08 Å². The Bertz CT molecular complexity index is 1640. The molecule has 6 nitrogen and oxygen atoms in total. The van der Waals surface area contributed by atoms with E-state index in [1.54, 1.807) is 61.1 Å². The second kappa shape index (κ2) is 9.75. The van der Waals surface area contributed by atoms with Crippen LogP contribution in [0.4, 0.5) is 10.1 Å². The van der Waals surface area contributed by atoms with Crippen molar-refractivity contribution >= 4 is 29.0 Å². The Labute approximate surface area is 210 Å². The zero-order valence-electron chi connectivity index (χ0n) is 19.6. The van der Waals surface area contributed by atoms with Gasteiger partial charge in [-0.1, -0.05) is 53.8 Å². The number of methoxy groups -OCH3 is 1. The van der Waals surface area contributed by atoms with Crippen molar-refractivity contribution in [3.05, 3.63) is 127 Å². The number of aromatic nitrogens is 1. The van der Waals surface area contributed by atoms with E-state index in [0.717, 1.165) is 5.56 Å². The summed E-state index contributed by atoms with van der Waals surface area (Å²) in [5, 5.41) is 2.93. The average Bonchev–Trinajstić information content (AvgIpc) is 3.19. The largest absolute Gasteiger partial charge is 0.497 e. The summed E-state index contributed by atoms with van der Waals surface area (Å²) >= 11 is 1.23. The summed E-state index contributed by atoms with van der Waals surface area (Å²) in [5.41, 5.74) is 2.72. The Morgan fingerprint density at radius 1 is 1.06 bits per heavy atom. The fourth-order valence-electron chi connectivity index (χ4n) is 4.14. The number of carbonyl (C=O) groups is 1. The summed E-state index contributed by atoms with van der Waals surface area (Å²) in [6, 6.07) is 21.6. The molecule has 0 aliphatic carbocycles. The van der Waals surface area contributed by atoms with E-state index >= 15 is 0 Å². The Kier molecular flexibility index (Phi) is 6.35. The highest BCUT2D eigenvalue weighted by Gasteiger charge is 2.32. The zero-order chi connectivity index (χ0) is 25.2. The minimum atomic E-state index is -0.689. The van der Waals surface area contributed by atoms with Crippen molar-refractivity contribution in [2.75, 3.05) is 12.4 Å². The molecule has 5 rings (SSSR count). The standard InChI is InChI=1S/C28H22FN3O3S/c1-17-24(26(33)31-21-6-4-3-5-7-21)25(19-10-14-22(35-2)15-11-19)32-27(34)23(36-28(32)30-17)16-18-8-12-20(29)13-9-18/h3-16,25H,1-2H3,(H,31,33)/b23-16+/t25-/m0/s1. The number of hydrogen-bond donors (Lipinski definition) is 1. The number of nitrogens with one attached hydrogen (secondary N) is 1. The van der Waals surface area contributed by atoms with Gasteiger partial charge in [0.2, 0.25) is 0 Å². The molecule has 0 spiro atoms. The van der Waals surface area contributed by atoms with Gasteiger partial charge in [0.15, 0.2) is 4.80 Å². The topological polar surface area (TPSA) is 72.7 Å². The van der Waals surface area contributed by atoms with Crippen LogP contribution in [0.1, 0.15) is 24.1 Å². The lowest BCUT2D eigenvalue weighted by Crippen LogP contribution is -2.40. The molecule has 0 saturated carbocycles. The summed E-state index contributed by atoms with van der Waals surface area (Å²) in [6.07, 6.45) is 1.71. The summed E-state index contributed by atoms with van der Waals surface area (Å²) in [5.74, 6) is -0.0210. The fraction of sp³-hybridized carbons (Fsp3) is 0.107. The maximum absolute atomic E-state index is 13.7. The molecule has 1 aliphatic heterocycles. The Balaban J connectivity index is 1.67. The van der Waals surface area contributed by atoms with Gasteiger partial charge < -0.3 is 10.1 Å². The van der Waals surface area contributed by atoms with Crippen molar-refractivity contribution in [3.8, 4) is 5.75 Å². The second-order valence-corrected chi connectivity index (χ2v) is 9.24. The van der Waals surface area contributed by atoms with Crippen LogP contribution in [-0.2, 0) is 4.79 Å². The summed E-state index contributed by atoms with van der Waals surface area (Å²) < 4.78 is 20.6. The summed E-state index contributed by atoms with van der Waals surface area (Å²) in [6.45, 7) is 1.77. The van der Waals surface area contributed by atoms with Crippen LogP contribution < -0.4 is 24.9 Å². The Morgan fingerprint density at radius 2 is 1.75 bits per heavy atom. The quantitative estimate of drug-likeness (QED) is 0.451. The van der Waals surface area contributed by atoms with Gasteiger partial charge in [0.1, 0.15) is 11.6 Å². The fourth-order valence-corrected chi connectivity index (χ4v) is 5.19. The van der Waals surface area contributed by atoms with Gasteiger partial charge in [0, 0.05) is 5.69 Å². The molecule has 8 heteroatoms. The van der Waals surface area contributed by atoms with Crippen LogP contribution in [0, 0.1) is 5.82 Å². The number of nitrogens with zero attached hydrogens (tertiary/aromatic N) is 2. The molecule has 0 radical (unpaired) electrons. The first-order valence-electron chi connectivity index (χ1n) is 11.2. The lowest BCUT2D eigenvalue weighted by Gasteiger charge is -2.25. The molecule has 36 heavy (non-hydrogen) atoms.